The fourth-order valence-corrected chi connectivity index (χ4v) is 5.02. The average molecular weight is 533 g/mol. The maximum Gasteiger partial charge on any atom is 0.242 e. The van der Waals surface area contributed by atoms with Gasteiger partial charge in [0.15, 0.2) is 28.8 Å². The largest absolute Gasteiger partial charge is 0.434 e. The number of rotatable bonds is 7. The van der Waals surface area contributed by atoms with E-state index in [9.17, 15) is 5.26 Å². The molecular weight excluding hydrogens is 502 g/mol. The van der Waals surface area contributed by atoms with Crippen LogP contribution in [0.1, 0.15) is 38.1 Å². The van der Waals surface area contributed by atoms with E-state index >= 15 is 8.78 Å². The minimum Gasteiger partial charge on any atom is -0.434 e. The monoisotopic (exact) mass is 532 g/mol. The molecule has 39 heavy (non-hydrogen) atoms. The molecule has 1 N–H and O–H groups in total. The molecule has 0 amide bonds. The number of likely N-dealkylation sites (N-methyl/N-ethyl adjacent to an activating group) is 1. The van der Waals surface area contributed by atoms with Gasteiger partial charge >= 0.3 is 0 Å². The summed E-state index contributed by atoms with van der Waals surface area (Å²) in [6.07, 6.45) is 2.96. The van der Waals surface area contributed by atoms with Gasteiger partial charge in [-0.1, -0.05) is 6.92 Å². The lowest BCUT2D eigenvalue weighted by Crippen LogP contribution is -2.46. The molecule has 1 aliphatic rings. The molecule has 4 aromatic rings. The molecule has 0 atom stereocenters. The van der Waals surface area contributed by atoms with Crippen LogP contribution < -0.4 is 15.0 Å². The highest BCUT2D eigenvalue weighted by molar-refractivity contribution is 5.84. The summed E-state index contributed by atoms with van der Waals surface area (Å²) < 4.78 is 38.0. The number of aryl methyl sites for hydroxylation is 1. The Hall–Kier alpha value is -4.30. The van der Waals surface area contributed by atoms with Crippen molar-refractivity contribution < 1.29 is 13.5 Å². The van der Waals surface area contributed by atoms with Crippen molar-refractivity contribution in [3.63, 3.8) is 0 Å². The minimum absolute atomic E-state index is 0.0576. The number of hydrogen-bond acceptors (Lipinski definition) is 8. The van der Waals surface area contributed by atoms with Gasteiger partial charge in [-0.2, -0.15) is 5.26 Å². The van der Waals surface area contributed by atoms with Gasteiger partial charge in [0, 0.05) is 49.4 Å². The molecular formula is C28H30F2N8O. The number of piperazine rings is 1. The number of hydrogen-bond donors (Lipinski definition) is 1. The van der Waals surface area contributed by atoms with Crippen LogP contribution in [0.3, 0.4) is 0 Å². The van der Waals surface area contributed by atoms with Gasteiger partial charge in [-0.25, -0.2) is 23.7 Å². The molecule has 11 heteroatoms. The zero-order valence-corrected chi connectivity index (χ0v) is 22.4. The highest BCUT2D eigenvalue weighted by Crippen LogP contribution is 2.36. The Balaban J connectivity index is 1.39. The second kappa shape index (κ2) is 10.8. The van der Waals surface area contributed by atoms with Gasteiger partial charge < -0.3 is 24.4 Å². The molecule has 5 rings (SSSR count). The number of ether oxygens (including phenoxy) is 1. The number of aromatic nitrogens is 4. The van der Waals surface area contributed by atoms with Gasteiger partial charge in [0.2, 0.25) is 5.88 Å². The zero-order valence-electron chi connectivity index (χ0n) is 22.4. The summed E-state index contributed by atoms with van der Waals surface area (Å²) in [5.74, 6) is -1.32. The maximum atomic E-state index is 15.4. The van der Waals surface area contributed by atoms with E-state index in [1.807, 2.05) is 26.0 Å². The third-order valence-electron chi connectivity index (χ3n) is 6.99. The Bertz CT molecular complexity index is 1540. The van der Waals surface area contributed by atoms with E-state index in [0.29, 0.717) is 5.82 Å². The Labute approximate surface area is 225 Å². The number of fused-ring (bicyclic) bond motifs is 1. The Morgan fingerprint density at radius 2 is 1.87 bits per heavy atom. The molecule has 0 spiro atoms. The molecule has 0 bridgehead atoms. The number of nitrogens with one attached hydrogen (secondary N) is 1. The first kappa shape index (κ1) is 26.3. The zero-order chi connectivity index (χ0) is 27.7. The smallest absolute Gasteiger partial charge is 0.242 e. The van der Waals surface area contributed by atoms with Crippen molar-refractivity contribution >= 4 is 28.2 Å². The first-order valence-electron chi connectivity index (χ1n) is 12.9. The quantitative estimate of drug-likeness (QED) is 0.331. The SMILES string of the molecule is CCN1CCN(c2ccc(Nc3ncnc(Oc4cc(F)c5c(cc(C)n5C(C)C)c4F)c3C#N)nc2)CC1. The summed E-state index contributed by atoms with van der Waals surface area (Å²) in [5, 5.41) is 13.0. The molecule has 0 radical (unpaired) electrons. The fraction of sp³-hybridized carbons (Fsp3) is 0.357. The predicted octanol–water partition coefficient (Wildman–Crippen LogP) is 5.54. The molecule has 0 aliphatic carbocycles. The highest BCUT2D eigenvalue weighted by Gasteiger charge is 2.23. The van der Waals surface area contributed by atoms with Gasteiger partial charge in [0.25, 0.3) is 0 Å². The van der Waals surface area contributed by atoms with E-state index in [1.165, 1.54) is 6.33 Å². The van der Waals surface area contributed by atoms with Crippen LogP contribution in [0, 0.1) is 29.9 Å². The molecule has 1 aliphatic heterocycles. The van der Waals surface area contributed by atoms with E-state index in [4.69, 9.17) is 4.74 Å². The van der Waals surface area contributed by atoms with Crippen molar-refractivity contribution in [2.45, 2.75) is 33.7 Å². The average Bonchev–Trinajstić information content (AvgIpc) is 3.30. The predicted molar refractivity (Wildman–Crippen MR) is 146 cm³/mol. The van der Waals surface area contributed by atoms with Crippen LogP contribution in [-0.2, 0) is 0 Å². The number of halogens is 2. The summed E-state index contributed by atoms with van der Waals surface area (Å²) in [5.41, 5.74) is 1.84. The number of anilines is 3. The van der Waals surface area contributed by atoms with Crippen LogP contribution in [-0.4, -0.2) is 57.1 Å². The van der Waals surface area contributed by atoms with E-state index in [0.717, 1.165) is 50.2 Å². The van der Waals surface area contributed by atoms with Crippen LogP contribution in [0.25, 0.3) is 10.9 Å². The third-order valence-corrected chi connectivity index (χ3v) is 6.99. The second-order valence-corrected chi connectivity index (χ2v) is 9.75. The van der Waals surface area contributed by atoms with E-state index in [2.05, 4.69) is 37.0 Å². The van der Waals surface area contributed by atoms with Gasteiger partial charge in [-0.15, -0.1) is 0 Å². The Kier molecular flexibility index (Phi) is 7.30. The molecule has 9 nitrogen and oxygen atoms in total. The fourth-order valence-electron chi connectivity index (χ4n) is 5.02. The number of benzene rings is 1. The molecule has 0 unspecified atom stereocenters. The molecule has 202 valence electrons. The van der Waals surface area contributed by atoms with Crippen molar-refractivity contribution in [3.8, 4) is 17.7 Å². The molecule has 3 aromatic heterocycles. The van der Waals surface area contributed by atoms with E-state index < -0.39 is 11.6 Å². The maximum absolute atomic E-state index is 15.4. The van der Waals surface area contributed by atoms with E-state index in [-0.39, 0.29) is 40.0 Å². The van der Waals surface area contributed by atoms with Crippen molar-refractivity contribution in [2.75, 3.05) is 42.9 Å². The Morgan fingerprint density at radius 1 is 1.10 bits per heavy atom. The molecule has 4 heterocycles. The van der Waals surface area contributed by atoms with Crippen LogP contribution in [0.4, 0.5) is 26.1 Å². The first-order chi connectivity index (χ1) is 18.8. The lowest BCUT2D eigenvalue weighted by Gasteiger charge is -2.35. The third kappa shape index (κ3) is 5.07. The molecule has 1 aromatic carbocycles. The second-order valence-electron chi connectivity index (χ2n) is 9.75. The molecule has 1 fully saturated rings. The van der Waals surface area contributed by atoms with Gasteiger partial charge in [-0.3, -0.25) is 0 Å². The Morgan fingerprint density at radius 3 is 2.51 bits per heavy atom. The minimum atomic E-state index is -0.733. The van der Waals surface area contributed by atoms with E-state index in [1.54, 1.807) is 29.8 Å². The van der Waals surface area contributed by atoms with Gasteiger partial charge in [0.1, 0.15) is 18.2 Å². The van der Waals surface area contributed by atoms with Gasteiger partial charge in [0.05, 0.1) is 17.4 Å². The van der Waals surface area contributed by atoms with Crippen LogP contribution in [0.5, 0.6) is 11.6 Å². The van der Waals surface area contributed by atoms with Crippen molar-refractivity contribution in [2.24, 2.45) is 0 Å². The van der Waals surface area contributed by atoms with Crippen LogP contribution >= 0.6 is 0 Å². The lowest BCUT2D eigenvalue weighted by atomic mass is 10.2. The molecule has 1 saturated heterocycles. The summed E-state index contributed by atoms with van der Waals surface area (Å²) in [4.78, 5) is 17.3. The number of nitriles is 1. The lowest BCUT2D eigenvalue weighted by molar-refractivity contribution is 0.271. The van der Waals surface area contributed by atoms with Gasteiger partial charge in [-0.05, 0) is 45.5 Å². The topological polar surface area (TPSA) is 95.1 Å². The summed E-state index contributed by atoms with van der Waals surface area (Å²) in [7, 11) is 0. The first-order valence-corrected chi connectivity index (χ1v) is 12.9. The number of nitrogens with zero attached hydrogens (tertiary/aromatic N) is 7. The van der Waals surface area contributed by atoms with Crippen molar-refractivity contribution in [3.05, 3.63) is 59.7 Å². The highest BCUT2D eigenvalue weighted by atomic mass is 19.1. The van der Waals surface area contributed by atoms with Crippen LogP contribution in [0.15, 0.2) is 36.8 Å². The molecule has 0 saturated carbocycles. The standard InChI is InChI=1S/C28H30F2N8O/c1-5-36-8-10-37(11-9-36)19-6-7-24(32-15-19)35-27-21(14-31)28(34-16-33-27)39-23-13-22(29)26-20(25(23)30)12-18(4)38(26)17(2)3/h6-7,12-13,15-17H,5,8-11H2,1-4H3,(H,32,33,34,35). The summed E-state index contributed by atoms with van der Waals surface area (Å²) in [6, 6.07) is 8.27. The number of pyridine rings is 1. The summed E-state index contributed by atoms with van der Waals surface area (Å²) >= 11 is 0. The van der Waals surface area contributed by atoms with Crippen molar-refractivity contribution in [1.82, 2.24) is 24.4 Å². The summed E-state index contributed by atoms with van der Waals surface area (Å²) in [6.45, 7) is 12.7. The normalized spacial score (nSPS) is 14.2. The van der Waals surface area contributed by atoms with Crippen LogP contribution in [0.2, 0.25) is 0 Å². The van der Waals surface area contributed by atoms with Crippen molar-refractivity contribution in [1.29, 1.82) is 5.26 Å².